The van der Waals surface area contributed by atoms with Crippen molar-refractivity contribution in [2.45, 2.75) is 17.4 Å². The molecule has 3 aromatic rings. The van der Waals surface area contributed by atoms with E-state index in [1.165, 1.54) is 11.1 Å². The second-order valence-electron chi connectivity index (χ2n) is 5.51. The predicted molar refractivity (Wildman–Crippen MR) is 105 cm³/mol. The van der Waals surface area contributed by atoms with Crippen LogP contribution in [-0.4, -0.2) is 23.4 Å². The second-order valence-corrected chi connectivity index (χ2v) is 6.90. The molecule has 134 valence electrons. The zero-order valence-corrected chi connectivity index (χ0v) is 15.7. The Morgan fingerprint density at radius 1 is 0.808 bits per heavy atom. The van der Waals surface area contributed by atoms with Crippen molar-refractivity contribution in [2.75, 3.05) is 13.2 Å². The van der Waals surface area contributed by atoms with Gasteiger partial charge in [0, 0.05) is 5.75 Å². The summed E-state index contributed by atoms with van der Waals surface area (Å²) < 4.78 is 11.3. The third-order valence-electron chi connectivity index (χ3n) is 3.53. The van der Waals surface area contributed by atoms with E-state index in [0.29, 0.717) is 25.0 Å². The molecule has 26 heavy (non-hydrogen) atoms. The number of benzene rings is 2. The SMILES string of the molecule is Clc1ccc(SCc2ccc(OCCOCc3ccccc3)cc2)nn1. The van der Waals surface area contributed by atoms with Gasteiger partial charge in [0.1, 0.15) is 17.4 Å². The molecule has 0 aliphatic carbocycles. The van der Waals surface area contributed by atoms with Crippen molar-refractivity contribution in [3.8, 4) is 5.75 Å². The van der Waals surface area contributed by atoms with Gasteiger partial charge in [0.05, 0.1) is 13.2 Å². The summed E-state index contributed by atoms with van der Waals surface area (Å²) in [5.41, 5.74) is 2.36. The summed E-state index contributed by atoms with van der Waals surface area (Å²) in [5, 5.41) is 9.13. The quantitative estimate of drug-likeness (QED) is 0.381. The lowest BCUT2D eigenvalue weighted by Gasteiger charge is -2.08. The van der Waals surface area contributed by atoms with Gasteiger partial charge in [-0.3, -0.25) is 0 Å². The van der Waals surface area contributed by atoms with Crippen molar-refractivity contribution >= 4 is 23.4 Å². The fourth-order valence-corrected chi connectivity index (χ4v) is 3.07. The molecular weight excluding hydrogens is 368 g/mol. The zero-order valence-electron chi connectivity index (χ0n) is 14.2. The molecule has 0 N–H and O–H groups in total. The second kappa shape index (κ2) is 10.2. The van der Waals surface area contributed by atoms with Crippen molar-refractivity contribution in [3.05, 3.63) is 83.0 Å². The Morgan fingerprint density at radius 2 is 1.62 bits per heavy atom. The van der Waals surface area contributed by atoms with Gasteiger partial charge in [-0.15, -0.1) is 10.2 Å². The summed E-state index contributed by atoms with van der Waals surface area (Å²) in [6.07, 6.45) is 0. The Morgan fingerprint density at radius 3 is 2.35 bits per heavy atom. The fraction of sp³-hybridized carbons (Fsp3) is 0.200. The number of ether oxygens (including phenoxy) is 2. The lowest BCUT2D eigenvalue weighted by molar-refractivity contribution is 0.0889. The highest BCUT2D eigenvalue weighted by molar-refractivity contribution is 7.98. The fourth-order valence-electron chi connectivity index (χ4n) is 2.20. The van der Waals surface area contributed by atoms with Crippen LogP contribution in [0.5, 0.6) is 5.75 Å². The topological polar surface area (TPSA) is 44.2 Å². The van der Waals surface area contributed by atoms with E-state index in [-0.39, 0.29) is 0 Å². The first-order chi connectivity index (χ1) is 12.8. The maximum Gasteiger partial charge on any atom is 0.151 e. The first-order valence-electron chi connectivity index (χ1n) is 8.25. The molecule has 0 bridgehead atoms. The van der Waals surface area contributed by atoms with E-state index in [2.05, 4.69) is 22.3 Å². The average molecular weight is 387 g/mol. The van der Waals surface area contributed by atoms with Gasteiger partial charge in [-0.25, -0.2) is 0 Å². The van der Waals surface area contributed by atoms with E-state index in [0.717, 1.165) is 16.5 Å². The van der Waals surface area contributed by atoms with E-state index in [9.17, 15) is 0 Å². The number of thioether (sulfide) groups is 1. The van der Waals surface area contributed by atoms with Crippen LogP contribution in [0.1, 0.15) is 11.1 Å². The molecule has 0 saturated heterocycles. The van der Waals surface area contributed by atoms with Crippen LogP contribution in [0, 0.1) is 0 Å². The van der Waals surface area contributed by atoms with Gasteiger partial charge in [-0.2, -0.15) is 0 Å². The van der Waals surface area contributed by atoms with Crippen LogP contribution in [0.4, 0.5) is 0 Å². The normalized spacial score (nSPS) is 10.7. The van der Waals surface area contributed by atoms with Crippen LogP contribution < -0.4 is 4.74 Å². The highest BCUT2D eigenvalue weighted by Gasteiger charge is 2.00. The third kappa shape index (κ3) is 6.33. The smallest absolute Gasteiger partial charge is 0.151 e. The maximum atomic E-state index is 5.73. The average Bonchev–Trinajstić information content (AvgIpc) is 2.69. The molecule has 6 heteroatoms. The van der Waals surface area contributed by atoms with Crippen LogP contribution in [0.3, 0.4) is 0 Å². The highest BCUT2D eigenvalue weighted by Crippen LogP contribution is 2.22. The summed E-state index contributed by atoms with van der Waals surface area (Å²) in [6, 6.07) is 21.8. The Labute approximate surface area is 162 Å². The summed E-state index contributed by atoms with van der Waals surface area (Å²) in [7, 11) is 0. The first-order valence-corrected chi connectivity index (χ1v) is 9.61. The van der Waals surface area contributed by atoms with E-state index in [1.807, 2.05) is 48.5 Å². The molecular formula is C20H19ClN2O2S. The molecule has 0 unspecified atom stereocenters. The Bertz CT molecular complexity index is 783. The number of nitrogens with zero attached hydrogens (tertiary/aromatic N) is 2. The minimum absolute atomic E-state index is 0.406. The highest BCUT2D eigenvalue weighted by atomic mass is 35.5. The van der Waals surface area contributed by atoms with Crippen molar-refractivity contribution in [1.82, 2.24) is 10.2 Å². The van der Waals surface area contributed by atoms with E-state index < -0.39 is 0 Å². The van der Waals surface area contributed by atoms with Gasteiger partial charge in [0.15, 0.2) is 5.15 Å². The van der Waals surface area contributed by atoms with Gasteiger partial charge in [-0.05, 0) is 35.4 Å². The van der Waals surface area contributed by atoms with Crippen LogP contribution in [-0.2, 0) is 17.1 Å². The van der Waals surface area contributed by atoms with E-state index in [1.54, 1.807) is 17.8 Å². The van der Waals surface area contributed by atoms with Gasteiger partial charge in [-0.1, -0.05) is 65.8 Å². The summed E-state index contributed by atoms with van der Waals surface area (Å²) in [5.74, 6) is 1.66. The molecule has 0 aliphatic rings. The molecule has 2 aromatic carbocycles. The monoisotopic (exact) mass is 386 g/mol. The maximum absolute atomic E-state index is 5.73. The third-order valence-corrected chi connectivity index (χ3v) is 4.72. The minimum Gasteiger partial charge on any atom is -0.491 e. The Kier molecular flexibility index (Phi) is 7.31. The standard InChI is InChI=1S/C20H19ClN2O2S/c21-19-10-11-20(23-22-19)26-15-17-6-8-18(9-7-17)25-13-12-24-14-16-4-2-1-3-5-16/h1-11H,12-15H2. The number of aromatic nitrogens is 2. The Balaban J connectivity index is 1.35. The van der Waals surface area contributed by atoms with Gasteiger partial charge >= 0.3 is 0 Å². The van der Waals surface area contributed by atoms with Crippen molar-refractivity contribution in [2.24, 2.45) is 0 Å². The van der Waals surface area contributed by atoms with Gasteiger partial charge in [0.25, 0.3) is 0 Å². The van der Waals surface area contributed by atoms with Crippen LogP contribution >= 0.6 is 23.4 Å². The van der Waals surface area contributed by atoms with E-state index in [4.69, 9.17) is 21.1 Å². The number of halogens is 1. The molecule has 3 rings (SSSR count). The Hall–Kier alpha value is -2.08. The predicted octanol–water partition coefficient (Wildman–Crippen LogP) is 5.02. The summed E-state index contributed by atoms with van der Waals surface area (Å²) in [4.78, 5) is 0. The van der Waals surface area contributed by atoms with E-state index >= 15 is 0 Å². The molecule has 0 amide bonds. The molecule has 0 aliphatic heterocycles. The molecule has 0 radical (unpaired) electrons. The first kappa shape index (κ1) is 18.7. The number of rotatable bonds is 9. The molecule has 0 spiro atoms. The number of hydrogen-bond donors (Lipinski definition) is 0. The largest absolute Gasteiger partial charge is 0.491 e. The number of hydrogen-bond acceptors (Lipinski definition) is 5. The van der Waals surface area contributed by atoms with Crippen LogP contribution in [0.2, 0.25) is 5.15 Å². The molecule has 0 fully saturated rings. The molecule has 0 saturated carbocycles. The lowest BCUT2D eigenvalue weighted by atomic mass is 10.2. The van der Waals surface area contributed by atoms with Crippen molar-refractivity contribution in [3.63, 3.8) is 0 Å². The van der Waals surface area contributed by atoms with Gasteiger partial charge in [0.2, 0.25) is 0 Å². The van der Waals surface area contributed by atoms with Crippen LogP contribution in [0.15, 0.2) is 71.8 Å². The van der Waals surface area contributed by atoms with Crippen molar-refractivity contribution < 1.29 is 9.47 Å². The van der Waals surface area contributed by atoms with Crippen LogP contribution in [0.25, 0.3) is 0 Å². The molecule has 1 heterocycles. The minimum atomic E-state index is 0.406. The summed E-state index contributed by atoms with van der Waals surface area (Å²) in [6.45, 7) is 1.69. The van der Waals surface area contributed by atoms with Crippen molar-refractivity contribution in [1.29, 1.82) is 0 Å². The van der Waals surface area contributed by atoms with Gasteiger partial charge < -0.3 is 9.47 Å². The zero-order chi connectivity index (χ0) is 18.0. The molecule has 1 aromatic heterocycles. The lowest BCUT2D eigenvalue weighted by Crippen LogP contribution is -2.06. The summed E-state index contributed by atoms with van der Waals surface area (Å²) >= 11 is 7.35. The molecule has 0 atom stereocenters. The molecule has 4 nitrogen and oxygen atoms in total.